The van der Waals surface area contributed by atoms with E-state index < -0.39 is 28.7 Å². The van der Waals surface area contributed by atoms with Gasteiger partial charge in [0.25, 0.3) is 5.69 Å². The van der Waals surface area contributed by atoms with Gasteiger partial charge < -0.3 is 14.8 Å². The summed E-state index contributed by atoms with van der Waals surface area (Å²) in [5, 5.41) is 13.4. The second-order valence-electron chi connectivity index (χ2n) is 6.93. The van der Waals surface area contributed by atoms with Crippen molar-refractivity contribution in [2.45, 2.75) is 57.8 Å². The molecule has 1 amide bonds. The number of amides is 1. The van der Waals surface area contributed by atoms with E-state index in [1.165, 1.54) is 24.3 Å². The topological polar surface area (TPSA) is 108 Å². The van der Waals surface area contributed by atoms with Crippen molar-refractivity contribution in [2.75, 3.05) is 0 Å². The Kier molecular flexibility index (Phi) is 5.61. The molecule has 1 aliphatic rings. The van der Waals surface area contributed by atoms with Crippen LogP contribution in [0.2, 0.25) is 0 Å². The molecule has 2 rings (SSSR count). The molecule has 2 atom stereocenters. The number of esters is 1. The molecule has 0 spiro atoms. The average molecular weight is 350 g/mol. The summed E-state index contributed by atoms with van der Waals surface area (Å²) in [7, 11) is 0. The van der Waals surface area contributed by atoms with Gasteiger partial charge in [-0.1, -0.05) is 0 Å². The quantitative estimate of drug-likeness (QED) is 0.507. The van der Waals surface area contributed by atoms with Crippen molar-refractivity contribution < 1.29 is 24.0 Å². The van der Waals surface area contributed by atoms with Gasteiger partial charge in [-0.25, -0.2) is 9.59 Å². The summed E-state index contributed by atoms with van der Waals surface area (Å²) < 4.78 is 10.7. The highest BCUT2D eigenvalue weighted by molar-refractivity contribution is 5.89. The molecule has 8 heteroatoms. The molecule has 0 heterocycles. The highest BCUT2D eigenvalue weighted by atomic mass is 16.6. The standard InChI is InChI=1S/C17H22N2O6/c1-17(2,3)25-16(21)18-13-5-4-6-14(13)24-15(20)11-7-9-12(10-8-11)19(22)23/h7-10,13-14H,4-6H2,1-3H3,(H,18,21)/t13-,14?/m0/s1. The van der Waals surface area contributed by atoms with Gasteiger partial charge in [-0.3, -0.25) is 10.1 Å². The molecule has 1 aromatic rings. The van der Waals surface area contributed by atoms with Gasteiger partial charge in [-0.05, 0) is 52.2 Å². The van der Waals surface area contributed by atoms with Crippen molar-refractivity contribution in [1.29, 1.82) is 0 Å². The molecule has 0 aliphatic heterocycles. The lowest BCUT2D eigenvalue weighted by Crippen LogP contribution is -2.44. The van der Waals surface area contributed by atoms with Crippen LogP contribution < -0.4 is 5.32 Å². The monoisotopic (exact) mass is 350 g/mol. The fraction of sp³-hybridized carbons (Fsp3) is 0.529. The molecule has 0 saturated heterocycles. The van der Waals surface area contributed by atoms with Crippen molar-refractivity contribution in [2.24, 2.45) is 0 Å². The van der Waals surface area contributed by atoms with E-state index in [1.54, 1.807) is 20.8 Å². The van der Waals surface area contributed by atoms with Crippen LogP contribution in [0.5, 0.6) is 0 Å². The number of alkyl carbamates (subject to hydrolysis) is 1. The number of carbonyl (C=O) groups is 2. The van der Waals surface area contributed by atoms with Gasteiger partial charge in [0, 0.05) is 12.1 Å². The van der Waals surface area contributed by atoms with Gasteiger partial charge in [0.1, 0.15) is 11.7 Å². The summed E-state index contributed by atoms with van der Waals surface area (Å²) >= 11 is 0. The number of nitro benzene ring substituents is 1. The Morgan fingerprint density at radius 1 is 1.20 bits per heavy atom. The van der Waals surface area contributed by atoms with E-state index in [9.17, 15) is 19.7 Å². The molecule has 8 nitrogen and oxygen atoms in total. The number of nitrogens with zero attached hydrogens (tertiary/aromatic N) is 1. The number of nitrogens with one attached hydrogen (secondary N) is 1. The number of benzene rings is 1. The van der Waals surface area contributed by atoms with Crippen LogP contribution in [0.25, 0.3) is 0 Å². The number of hydrogen-bond acceptors (Lipinski definition) is 6. The van der Waals surface area contributed by atoms with Crippen LogP contribution in [-0.2, 0) is 9.47 Å². The smallest absolute Gasteiger partial charge is 0.408 e. The third kappa shape index (κ3) is 5.44. The minimum Gasteiger partial charge on any atom is -0.457 e. The third-order valence-corrected chi connectivity index (χ3v) is 3.73. The third-order valence-electron chi connectivity index (χ3n) is 3.73. The highest BCUT2D eigenvalue weighted by Gasteiger charge is 2.33. The Morgan fingerprint density at radius 3 is 2.40 bits per heavy atom. The van der Waals surface area contributed by atoms with Crippen LogP contribution in [0, 0.1) is 10.1 Å². The lowest BCUT2D eigenvalue weighted by Gasteiger charge is -2.24. The summed E-state index contributed by atoms with van der Waals surface area (Å²) in [6, 6.07) is 4.90. The summed E-state index contributed by atoms with van der Waals surface area (Å²) in [5.74, 6) is -0.571. The Balaban J connectivity index is 1.94. The van der Waals surface area contributed by atoms with E-state index in [-0.39, 0.29) is 17.3 Å². The second kappa shape index (κ2) is 7.50. The number of hydrogen-bond donors (Lipinski definition) is 1. The normalized spacial score (nSPS) is 20.0. The van der Waals surface area contributed by atoms with Gasteiger partial charge in [0.2, 0.25) is 0 Å². The molecule has 25 heavy (non-hydrogen) atoms. The number of carbonyl (C=O) groups excluding carboxylic acids is 2. The van der Waals surface area contributed by atoms with Gasteiger partial charge in [-0.2, -0.15) is 0 Å². The van der Waals surface area contributed by atoms with Gasteiger partial charge in [0.05, 0.1) is 16.5 Å². The summed E-state index contributed by atoms with van der Waals surface area (Å²) in [6.07, 6.45) is 1.15. The zero-order valence-corrected chi connectivity index (χ0v) is 14.5. The maximum absolute atomic E-state index is 12.2. The van der Waals surface area contributed by atoms with Crippen molar-refractivity contribution in [1.82, 2.24) is 5.32 Å². The van der Waals surface area contributed by atoms with E-state index in [0.29, 0.717) is 12.8 Å². The van der Waals surface area contributed by atoms with Crippen molar-refractivity contribution >= 4 is 17.7 Å². The first kappa shape index (κ1) is 18.7. The van der Waals surface area contributed by atoms with Gasteiger partial charge in [-0.15, -0.1) is 0 Å². The number of ether oxygens (including phenoxy) is 2. The minimum atomic E-state index is -0.604. The first-order valence-corrected chi connectivity index (χ1v) is 8.10. The maximum atomic E-state index is 12.2. The Bertz CT molecular complexity index is 650. The van der Waals surface area contributed by atoms with Crippen LogP contribution in [0.15, 0.2) is 24.3 Å². The highest BCUT2D eigenvalue weighted by Crippen LogP contribution is 2.24. The number of rotatable bonds is 4. The van der Waals surface area contributed by atoms with Crippen LogP contribution in [0.1, 0.15) is 50.4 Å². The molecule has 1 unspecified atom stereocenters. The summed E-state index contributed by atoms with van der Waals surface area (Å²) in [4.78, 5) is 34.2. The Labute approximate surface area is 145 Å². The van der Waals surface area contributed by atoms with E-state index >= 15 is 0 Å². The van der Waals surface area contributed by atoms with Crippen molar-refractivity contribution in [3.05, 3.63) is 39.9 Å². The van der Waals surface area contributed by atoms with Gasteiger partial charge in [0.15, 0.2) is 0 Å². The van der Waals surface area contributed by atoms with Crippen LogP contribution in [0.4, 0.5) is 10.5 Å². The van der Waals surface area contributed by atoms with E-state index in [1.807, 2.05) is 0 Å². The van der Waals surface area contributed by atoms with Gasteiger partial charge >= 0.3 is 12.1 Å². The molecule has 1 saturated carbocycles. The SMILES string of the molecule is CC(C)(C)OC(=O)N[C@H]1CCCC1OC(=O)c1ccc([N+](=O)[O-])cc1. The molecule has 0 bridgehead atoms. The second-order valence-corrected chi connectivity index (χ2v) is 6.93. The largest absolute Gasteiger partial charge is 0.457 e. The summed E-state index contributed by atoms with van der Waals surface area (Å²) in [6.45, 7) is 5.31. The van der Waals surface area contributed by atoms with Crippen molar-refractivity contribution in [3.63, 3.8) is 0 Å². The molecule has 1 aliphatic carbocycles. The minimum absolute atomic E-state index is 0.0955. The molecule has 0 radical (unpaired) electrons. The van der Waals surface area contributed by atoms with Crippen LogP contribution in [0.3, 0.4) is 0 Å². The molecular formula is C17H22N2O6. The van der Waals surface area contributed by atoms with E-state index in [0.717, 1.165) is 6.42 Å². The molecule has 1 fully saturated rings. The number of nitro groups is 1. The fourth-order valence-electron chi connectivity index (χ4n) is 2.62. The van der Waals surface area contributed by atoms with Crippen molar-refractivity contribution in [3.8, 4) is 0 Å². The lowest BCUT2D eigenvalue weighted by molar-refractivity contribution is -0.384. The average Bonchev–Trinajstić information content (AvgIpc) is 2.92. The first-order chi connectivity index (χ1) is 11.7. The molecule has 1 aromatic carbocycles. The Morgan fingerprint density at radius 2 is 1.84 bits per heavy atom. The molecular weight excluding hydrogens is 328 g/mol. The molecule has 0 aromatic heterocycles. The first-order valence-electron chi connectivity index (χ1n) is 8.10. The van der Waals surface area contributed by atoms with Crippen LogP contribution >= 0.6 is 0 Å². The number of non-ortho nitro benzene ring substituents is 1. The predicted molar refractivity (Wildman–Crippen MR) is 89.3 cm³/mol. The Hall–Kier alpha value is -2.64. The molecule has 136 valence electrons. The summed E-state index contributed by atoms with van der Waals surface area (Å²) in [5.41, 5.74) is -0.469. The predicted octanol–water partition coefficient (Wildman–Crippen LogP) is 3.20. The zero-order valence-electron chi connectivity index (χ0n) is 14.5. The lowest BCUT2D eigenvalue weighted by atomic mass is 10.2. The maximum Gasteiger partial charge on any atom is 0.408 e. The molecule has 1 N–H and O–H groups in total. The zero-order chi connectivity index (χ0) is 18.6. The van der Waals surface area contributed by atoms with Crippen LogP contribution in [-0.4, -0.2) is 34.7 Å². The fourth-order valence-corrected chi connectivity index (χ4v) is 2.62. The van der Waals surface area contributed by atoms with E-state index in [2.05, 4.69) is 5.32 Å². The van der Waals surface area contributed by atoms with E-state index in [4.69, 9.17) is 9.47 Å².